The monoisotopic (exact) mass is 522 g/mol. The van der Waals surface area contributed by atoms with E-state index in [4.69, 9.17) is 5.26 Å². The van der Waals surface area contributed by atoms with Gasteiger partial charge in [0.25, 0.3) is 11.8 Å². The number of hydrogen-bond acceptors (Lipinski definition) is 5. The van der Waals surface area contributed by atoms with Crippen molar-refractivity contribution in [2.45, 2.75) is 51.1 Å². The summed E-state index contributed by atoms with van der Waals surface area (Å²) in [5.41, 5.74) is 2.67. The maximum Gasteiger partial charge on any atom is 0.391 e. The number of halogens is 3. The SMILES string of the molecule is C[C@H]1Cn2ncc(C(=O)Nc3cccc(C#N)c3)c2C(=O)N1c1ccc(CN[C@H]2C[C@H](C(F)(F)F)C2)cc1. The molecule has 2 N–H and O–H groups in total. The molecule has 0 radical (unpaired) electrons. The molecule has 2 aliphatic rings. The largest absolute Gasteiger partial charge is 0.391 e. The molecule has 0 bridgehead atoms. The Morgan fingerprint density at radius 2 is 1.92 bits per heavy atom. The number of alkyl halides is 3. The fourth-order valence-electron chi connectivity index (χ4n) is 4.89. The van der Waals surface area contributed by atoms with Gasteiger partial charge in [-0.3, -0.25) is 14.3 Å². The van der Waals surface area contributed by atoms with E-state index in [0.717, 1.165) is 5.56 Å². The Morgan fingerprint density at radius 3 is 2.61 bits per heavy atom. The third kappa shape index (κ3) is 4.99. The summed E-state index contributed by atoms with van der Waals surface area (Å²) >= 11 is 0. The quantitative estimate of drug-likeness (QED) is 0.497. The molecule has 1 atom stereocenters. The third-order valence-corrected chi connectivity index (χ3v) is 7.04. The second-order valence-corrected chi connectivity index (χ2v) is 9.71. The minimum atomic E-state index is -4.13. The van der Waals surface area contributed by atoms with Gasteiger partial charge in [0, 0.05) is 24.0 Å². The van der Waals surface area contributed by atoms with E-state index in [2.05, 4.69) is 15.7 Å². The average Bonchev–Trinajstić information content (AvgIpc) is 3.27. The number of amides is 2. The lowest BCUT2D eigenvalue weighted by Crippen LogP contribution is -2.47. The molecule has 38 heavy (non-hydrogen) atoms. The van der Waals surface area contributed by atoms with Crippen molar-refractivity contribution in [1.29, 1.82) is 5.26 Å². The molecule has 0 unspecified atom stereocenters. The maximum atomic E-state index is 13.6. The molecule has 2 aromatic carbocycles. The summed E-state index contributed by atoms with van der Waals surface area (Å²) in [5.74, 6) is -2.10. The highest BCUT2D eigenvalue weighted by Crippen LogP contribution is 2.41. The van der Waals surface area contributed by atoms with Gasteiger partial charge in [-0.2, -0.15) is 23.5 Å². The minimum Gasteiger partial charge on any atom is -0.322 e. The van der Waals surface area contributed by atoms with Crippen LogP contribution >= 0.6 is 0 Å². The third-order valence-electron chi connectivity index (χ3n) is 7.04. The first-order valence-electron chi connectivity index (χ1n) is 12.2. The van der Waals surface area contributed by atoms with Gasteiger partial charge in [-0.1, -0.05) is 18.2 Å². The van der Waals surface area contributed by atoms with Crippen LogP contribution in [0.2, 0.25) is 0 Å². The Kier molecular flexibility index (Phi) is 6.67. The Bertz CT molecular complexity index is 1400. The number of aromatic nitrogens is 2. The number of rotatable bonds is 6. The fourth-order valence-corrected chi connectivity index (χ4v) is 4.89. The molecule has 0 spiro atoms. The van der Waals surface area contributed by atoms with Crippen LogP contribution in [0.1, 0.15) is 51.7 Å². The van der Waals surface area contributed by atoms with Gasteiger partial charge >= 0.3 is 6.18 Å². The van der Waals surface area contributed by atoms with E-state index in [9.17, 15) is 22.8 Å². The van der Waals surface area contributed by atoms with E-state index in [0.29, 0.717) is 30.0 Å². The first-order chi connectivity index (χ1) is 18.1. The van der Waals surface area contributed by atoms with E-state index < -0.39 is 18.0 Å². The lowest BCUT2D eigenvalue weighted by Gasteiger charge is -2.37. The van der Waals surface area contributed by atoms with E-state index in [1.807, 2.05) is 25.1 Å². The number of carbonyl (C=O) groups is 2. The van der Waals surface area contributed by atoms with Crippen LogP contribution in [0.15, 0.2) is 54.7 Å². The normalized spacial score (nSPS) is 20.9. The van der Waals surface area contributed by atoms with Crippen LogP contribution in [0.4, 0.5) is 24.5 Å². The Morgan fingerprint density at radius 1 is 1.18 bits per heavy atom. The van der Waals surface area contributed by atoms with Crippen molar-refractivity contribution in [3.63, 3.8) is 0 Å². The Labute approximate surface area is 217 Å². The minimum absolute atomic E-state index is 0.0920. The van der Waals surface area contributed by atoms with Crippen LogP contribution in [-0.2, 0) is 13.1 Å². The topological polar surface area (TPSA) is 103 Å². The van der Waals surface area contributed by atoms with Gasteiger partial charge in [0.2, 0.25) is 0 Å². The molecule has 1 saturated carbocycles. The summed E-state index contributed by atoms with van der Waals surface area (Å²) in [6, 6.07) is 15.4. The van der Waals surface area contributed by atoms with Crippen molar-refractivity contribution < 1.29 is 22.8 Å². The smallest absolute Gasteiger partial charge is 0.322 e. The highest BCUT2D eigenvalue weighted by atomic mass is 19.4. The zero-order valence-corrected chi connectivity index (χ0v) is 20.5. The molecule has 11 heteroatoms. The van der Waals surface area contributed by atoms with Gasteiger partial charge in [0.05, 0.1) is 41.9 Å². The van der Waals surface area contributed by atoms with Crippen molar-refractivity contribution in [2.24, 2.45) is 5.92 Å². The second kappa shape index (κ2) is 9.95. The Hall–Kier alpha value is -4.17. The molecule has 5 rings (SSSR count). The van der Waals surface area contributed by atoms with Crippen LogP contribution < -0.4 is 15.5 Å². The molecule has 8 nitrogen and oxygen atoms in total. The molecule has 1 aliphatic carbocycles. The van der Waals surface area contributed by atoms with Crippen molar-refractivity contribution in [1.82, 2.24) is 15.1 Å². The number of benzene rings is 2. The van der Waals surface area contributed by atoms with Gasteiger partial charge < -0.3 is 15.5 Å². The van der Waals surface area contributed by atoms with Gasteiger partial charge in [-0.25, -0.2) is 0 Å². The second-order valence-electron chi connectivity index (χ2n) is 9.71. The molecule has 196 valence electrons. The molecule has 1 fully saturated rings. The summed E-state index contributed by atoms with van der Waals surface area (Å²) in [6.45, 7) is 2.71. The van der Waals surface area contributed by atoms with Gasteiger partial charge in [-0.05, 0) is 55.7 Å². The van der Waals surface area contributed by atoms with E-state index >= 15 is 0 Å². The van der Waals surface area contributed by atoms with Gasteiger partial charge in [0.1, 0.15) is 5.69 Å². The molecule has 3 aromatic rings. The predicted octanol–water partition coefficient (Wildman–Crippen LogP) is 4.49. The van der Waals surface area contributed by atoms with Gasteiger partial charge in [0.15, 0.2) is 0 Å². The van der Waals surface area contributed by atoms with Crippen molar-refractivity contribution in [3.8, 4) is 6.07 Å². The summed E-state index contributed by atoms with van der Waals surface area (Å²) in [7, 11) is 0. The fraction of sp³-hybridized carbons (Fsp3) is 0.333. The predicted molar refractivity (Wildman–Crippen MR) is 133 cm³/mol. The first-order valence-corrected chi connectivity index (χ1v) is 12.2. The highest BCUT2D eigenvalue weighted by molar-refractivity contribution is 6.15. The van der Waals surface area contributed by atoms with E-state index in [1.165, 1.54) is 10.9 Å². The maximum absolute atomic E-state index is 13.6. The van der Waals surface area contributed by atoms with Crippen LogP contribution in [0, 0.1) is 17.2 Å². The van der Waals surface area contributed by atoms with Crippen molar-refractivity contribution >= 4 is 23.2 Å². The first kappa shape index (κ1) is 25.5. The molecule has 2 heterocycles. The standard InChI is InChI=1S/C27H25F3N6O2/c1-16-15-35-24(23(14-33-35)25(37)34-20-4-2-3-18(9-20)12-31)26(38)36(16)22-7-5-17(6-8-22)13-32-21-10-19(11-21)27(28,29)30/h2-9,14,16,19,21,32H,10-11,13,15H2,1H3,(H,34,37)/t16-,19-,21-/m0/s1. The molecular formula is C27H25F3N6O2. The van der Waals surface area contributed by atoms with Crippen molar-refractivity contribution in [2.75, 3.05) is 10.2 Å². The number of anilines is 2. The summed E-state index contributed by atoms with van der Waals surface area (Å²) in [4.78, 5) is 28.2. The molecule has 0 saturated heterocycles. The average molecular weight is 523 g/mol. The van der Waals surface area contributed by atoms with Crippen LogP contribution in [0.5, 0.6) is 0 Å². The number of nitrogens with one attached hydrogen (secondary N) is 2. The lowest BCUT2D eigenvalue weighted by atomic mass is 9.80. The van der Waals surface area contributed by atoms with Gasteiger partial charge in [-0.15, -0.1) is 0 Å². The molecule has 1 aliphatic heterocycles. The Balaban J connectivity index is 1.27. The van der Waals surface area contributed by atoms with E-state index in [-0.39, 0.29) is 42.1 Å². The number of hydrogen-bond donors (Lipinski definition) is 2. The lowest BCUT2D eigenvalue weighted by molar-refractivity contribution is -0.199. The van der Waals surface area contributed by atoms with Crippen LogP contribution in [0.3, 0.4) is 0 Å². The summed E-state index contributed by atoms with van der Waals surface area (Å²) in [5, 5.41) is 19.2. The zero-order valence-electron chi connectivity index (χ0n) is 20.5. The van der Waals surface area contributed by atoms with Crippen molar-refractivity contribution in [3.05, 3.63) is 77.1 Å². The molecular weight excluding hydrogens is 497 g/mol. The van der Waals surface area contributed by atoms with Crippen LogP contribution in [-0.4, -0.2) is 39.9 Å². The number of carbonyl (C=O) groups excluding carboxylic acids is 2. The van der Waals surface area contributed by atoms with Crippen LogP contribution in [0.25, 0.3) is 0 Å². The summed E-state index contributed by atoms with van der Waals surface area (Å²) < 4.78 is 39.6. The van der Waals surface area contributed by atoms with E-state index in [1.54, 1.807) is 41.3 Å². The summed E-state index contributed by atoms with van der Waals surface area (Å²) in [6.07, 6.45) is -2.58. The molecule has 1 aromatic heterocycles. The zero-order chi connectivity index (χ0) is 27.0. The number of nitrogens with zero attached hydrogens (tertiary/aromatic N) is 4. The molecule has 2 amide bonds. The highest BCUT2D eigenvalue weighted by Gasteiger charge is 2.47. The number of nitriles is 1. The number of fused-ring (bicyclic) bond motifs is 1.